The van der Waals surface area contributed by atoms with Crippen LogP contribution in [-0.2, 0) is 27.0 Å². The summed E-state index contributed by atoms with van der Waals surface area (Å²) in [5, 5.41) is 26.6. The van der Waals surface area contributed by atoms with Crippen LogP contribution in [0, 0.1) is 11.6 Å². The van der Waals surface area contributed by atoms with Crippen LogP contribution >= 0.6 is 0 Å². The number of hydrogen-bond donors (Lipinski definition) is 4. The summed E-state index contributed by atoms with van der Waals surface area (Å²) in [6.45, 7) is 6.69. The van der Waals surface area contributed by atoms with Gasteiger partial charge in [0.1, 0.15) is 11.6 Å². The van der Waals surface area contributed by atoms with E-state index < -0.39 is 35.7 Å². The minimum atomic E-state index is -1.05. The molecular formula is C31H42F2N2O4. The van der Waals surface area contributed by atoms with Gasteiger partial charge in [0, 0.05) is 31.0 Å². The maximum Gasteiger partial charge on any atom is 0.303 e. The fourth-order valence-corrected chi connectivity index (χ4v) is 5.39. The molecule has 0 radical (unpaired) electrons. The lowest BCUT2D eigenvalue weighted by Crippen LogP contribution is -2.53. The molecule has 1 saturated carbocycles. The second-order valence-electron chi connectivity index (χ2n) is 11.8. The number of aliphatic hydroxyl groups is 1. The van der Waals surface area contributed by atoms with E-state index in [9.17, 15) is 23.5 Å². The second-order valence-corrected chi connectivity index (χ2v) is 11.8. The molecule has 1 fully saturated rings. The molecule has 39 heavy (non-hydrogen) atoms. The summed E-state index contributed by atoms with van der Waals surface area (Å²) in [5.41, 5.74) is 2.37. The Hall–Kier alpha value is -2.84. The molecule has 2 aromatic rings. The molecule has 1 amide bonds. The van der Waals surface area contributed by atoms with Crippen molar-refractivity contribution in [3.63, 3.8) is 0 Å². The number of aliphatic hydroxyl groups excluding tert-OH is 1. The van der Waals surface area contributed by atoms with Crippen LogP contribution in [0.15, 0.2) is 42.5 Å². The Balaban J connectivity index is 1.80. The number of halogens is 2. The molecule has 1 aliphatic rings. The van der Waals surface area contributed by atoms with Crippen molar-refractivity contribution in [1.29, 1.82) is 0 Å². The molecule has 0 spiro atoms. The largest absolute Gasteiger partial charge is 0.481 e. The van der Waals surface area contributed by atoms with E-state index in [1.807, 2.05) is 0 Å². The lowest BCUT2D eigenvalue weighted by atomic mass is 9.74. The minimum absolute atomic E-state index is 0.0123. The Morgan fingerprint density at radius 3 is 2.28 bits per heavy atom. The Bertz CT molecular complexity index is 1110. The predicted molar refractivity (Wildman–Crippen MR) is 147 cm³/mol. The highest BCUT2D eigenvalue weighted by molar-refractivity contribution is 5.77. The topological polar surface area (TPSA) is 98.7 Å². The number of hydrogen-bond acceptors (Lipinski definition) is 4. The van der Waals surface area contributed by atoms with Crippen LogP contribution < -0.4 is 10.6 Å². The first-order valence-corrected chi connectivity index (χ1v) is 13.9. The van der Waals surface area contributed by atoms with Gasteiger partial charge >= 0.3 is 5.97 Å². The fourth-order valence-electron chi connectivity index (χ4n) is 5.39. The third-order valence-corrected chi connectivity index (χ3v) is 7.62. The van der Waals surface area contributed by atoms with Crippen molar-refractivity contribution >= 4 is 11.9 Å². The van der Waals surface area contributed by atoms with E-state index in [4.69, 9.17) is 5.11 Å². The van der Waals surface area contributed by atoms with E-state index in [0.717, 1.165) is 38.2 Å². The minimum Gasteiger partial charge on any atom is -0.481 e. The van der Waals surface area contributed by atoms with Gasteiger partial charge in [-0.05, 0) is 59.9 Å². The quantitative estimate of drug-likeness (QED) is 0.289. The zero-order valence-electron chi connectivity index (χ0n) is 23.2. The lowest BCUT2D eigenvalue weighted by molar-refractivity contribution is -0.137. The molecule has 3 rings (SSSR count). The summed E-state index contributed by atoms with van der Waals surface area (Å²) in [6, 6.07) is 10.9. The van der Waals surface area contributed by atoms with E-state index >= 15 is 0 Å². The van der Waals surface area contributed by atoms with E-state index in [1.54, 1.807) is 0 Å². The summed E-state index contributed by atoms with van der Waals surface area (Å²) >= 11 is 0. The molecule has 0 heterocycles. The average molecular weight is 545 g/mol. The molecule has 4 N–H and O–H groups in total. The number of carbonyl (C=O) groups excluding carboxylic acids is 1. The van der Waals surface area contributed by atoms with E-state index in [2.05, 4.69) is 55.7 Å². The molecule has 0 saturated heterocycles. The van der Waals surface area contributed by atoms with E-state index in [0.29, 0.717) is 5.56 Å². The van der Waals surface area contributed by atoms with Crippen molar-refractivity contribution in [3.05, 3.63) is 70.8 Å². The molecule has 0 bridgehead atoms. The van der Waals surface area contributed by atoms with Crippen LogP contribution in [-0.4, -0.2) is 40.8 Å². The van der Waals surface area contributed by atoms with Crippen LogP contribution in [0.4, 0.5) is 8.78 Å². The van der Waals surface area contributed by atoms with Crippen molar-refractivity contribution in [2.75, 3.05) is 6.54 Å². The normalized spacial score (nSPS) is 16.9. The Labute approximate surface area is 230 Å². The molecule has 8 heteroatoms. The summed E-state index contributed by atoms with van der Waals surface area (Å²) in [7, 11) is 0. The number of nitrogens with one attached hydrogen (secondary N) is 2. The van der Waals surface area contributed by atoms with Crippen LogP contribution in [0.3, 0.4) is 0 Å². The average Bonchev–Trinajstić information content (AvgIpc) is 2.86. The summed E-state index contributed by atoms with van der Waals surface area (Å²) in [5.74, 6) is -2.87. The fraction of sp³-hybridized carbons (Fsp3) is 0.548. The third kappa shape index (κ3) is 9.11. The summed E-state index contributed by atoms with van der Waals surface area (Å²) in [4.78, 5) is 23.4. The highest BCUT2D eigenvalue weighted by atomic mass is 19.1. The standard InChI is InChI=1S/C31H42F2N2O4/c1-30(2,3)22-9-7-10-23(18-22)31(13-5-4-6-14-31)34-20-27(36)26(35-28(37)11-8-12-29(38)39)17-21-15-24(32)19-25(33)16-21/h7,9-10,15-16,18-19,26-27,34,36H,4-6,8,11-14,17,20H2,1-3H3,(H,35,37)(H,38,39). The Morgan fingerprint density at radius 1 is 1.00 bits per heavy atom. The van der Waals surface area contributed by atoms with Crippen LogP contribution in [0.2, 0.25) is 0 Å². The van der Waals surface area contributed by atoms with Gasteiger partial charge in [0.2, 0.25) is 5.91 Å². The van der Waals surface area contributed by atoms with Crippen molar-refractivity contribution < 1.29 is 28.6 Å². The first-order chi connectivity index (χ1) is 18.4. The number of rotatable bonds is 12. The third-order valence-electron chi connectivity index (χ3n) is 7.62. The number of carboxylic acids is 1. The number of carboxylic acid groups (broad SMARTS) is 1. The first-order valence-electron chi connectivity index (χ1n) is 13.9. The van der Waals surface area contributed by atoms with Crippen molar-refractivity contribution in [2.24, 2.45) is 0 Å². The van der Waals surface area contributed by atoms with Crippen molar-refractivity contribution in [1.82, 2.24) is 10.6 Å². The maximum atomic E-state index is 13.9. The molecule has 2 atom stereocenters. The zero-order valence-corrected chi connectivity index (χ0v) is 23.2. The van der Waals surface area contributed by atoms with Gasteiger partial charge in [0.25, 0.3) is 0 Å². The highest BCUT2D eigenvalue weighted by Crippen LogP contribution is 2.38. The van der Waals surface area contributed by atoms with Crippen molar-refractivity contribution in [2.45, 2.75) is 102 Å². The summed E-state index contributed by atoms with van der Waals surface area (Å²) < 4.78 is 27.7. The van der Waals surface area contributed by atoms with Gasteiger partial charge in [-0.3, -0.25) is 9.59 Å². The number of carbonyl (C=O) groups is 2. The smallest absolute Gasteiger partial charge is 0.303 e. The molecule has 2 aromatic carbocycles. The molecule has 6 nitrogen and oxygen atoms in total. The second kappa shape index (κ2) is 13.5. The Morgan fingerprint density at radius 2 is 1.67 bits per heavy atom. The van der Waals surface area contributed by atoms with Gasteiger partial charge in [-0.1, -0.05) is 64.3 Å². The lowest BCUT2D eigenvalue weighted by Gasteiger charge is -2.41. The highest BCUT2D eigenvalue weighted by Gasteiger charge is 2.35. The van der Waals surface area contributed by atoms with Gasteiger partial charge in [-0.25, -0.2) is 8.78 Å². The molecule has 2 unspecified atom stereocenters. The molecule has 1 aliphatic carbocycles. The monoisotopic (exact) mass is 544 g/mol. The number of aliphatic carboxylic acids is 1. The summed E-state index contributed by atoms with van der Waals surface area (Å²) in [6.07, 6.45) is 4.03. The van der Waals surface area contributed by atoms with E-state index in [-0.39, 0.29) is 43.2 Å². The van der Waals surface area contributed by atoms with Gasteiger partial charge < -0.3 is 20.8 Å². The predicted octanol–water partition coefficient (Wildman–Crippen LogP) is 5.35. The molecule has 214 valence electrons. The van der Waals surface area contributed by atoms with Gasteiger partial charge in [0.05, 0.1) is 12.1 Å². The van der Waals surface area contributed by atoms with Gasteiger partial charge in [-0.2, -0.15) is 0 Å². The molecular weight excluding hydrogens is 502 g/mol. The first kappa shape index (κ1) is 30.7. The van der Waals surface area contributed by atoms with Gasteiger partial charge in [-0.15, -0.1) is 0 Å². The molecule has 0 aromatic heterocycles. The Kier molecular flexibility index (Phi) is 10.6. The van der Waals surface area contributed by atoms with Crippen LogP contribution in [0.5, 0.6) is 0 Å². The maximum absolute atomic E-state index is 13.9. The SMILES string of the molecule is CC(C)(C)c1cccc(C2(NCC(O)C(Cc3cc(F)cc(F)c3)NC(=O)CCCC(=O)O)CCCCC2)c1. The zero-order chi connectivity index (χ0) is 28.6. The number of amides is 1. The molecule has 0 aliphatic heterocycles. The number of benzene rings is 2. The van der Waals surface area contributed by atoms with Crippen LogP contribution in [0.25, 0.3) is 0 Å². The van der Waals surface area contributed by atoms with E-state index in [1.165, 1.54) is 23.3 Å². The van der Waals surface area contributed by atoms with Crippen molar-refractivity contribution in [3.8, 4) is 0 Å². The van der Waals surface area contributed by atoms with Crippen LogP contribution in [0.1, 0.15) is 88.8 Å². The van der Waals surface area contributed by atoms with Gasteiger partial charge in [0.15, 0.2) is 0 Å².